The number of rotatable bonds is 7. The van der Waals surface area contributed by atoms with Gasteiger partial charge in [-0.1, -0.05) is 0 Å². The lowest BCUT2D eigenvalue weighted by molar-refractivity contribution is -0.227. The second kappa shape index (κ2) is 7.17. The lowest BCUT2D eigenvalue weighted by Crippen LogP contribution is -2.69. The average molecular weight is 450 g/mol. The Bertz CT molecular complexity index is 1130. The predicted molar refractivity (Wildman–Crippen MR) is 117 cm³/mol. The number of nitrogens with one attached hydrogen (secondary N) is 1. The quantitative estimate of drug-likeness (QED) is 0.619. The van der Waals surface area contributed by atoms with Gasteiger partial charge in [0.1, 0.15) is 11.6 Å². The number of aromatic nitrogens is 1. The third kappa shape index (κ3) is 3.26. The fourth-order valence-electron chi connectivity index (χ4n) is 5.86. The van der Waals surface area contributed by atoms with Gasteiger partial charge in [0.2, 0.25) is 11.8 Å². The molecule has 1 amide bonds. The van der Waals surface area contributed by atoms with Crippen LogP contribution in [0.3, 0.4) is 0 Å². The number of benzene rings is 1. The number of hydrazone groups is 1. The summed E-state index contributed by atoms with van der Waals surface area (Å²) in [6.07, 6.45) is 8.73. The first-order valence-corrected chi connectivity index (χ1v) is 11.4. The van der Waals surface area contributed by atoms with Crippen molar-refractivity contribution in [1.82, 2.24) is 9.99 Å². The molecule has 2 bridgehead atoms. The van der Waals surface area contributed by atoms with E-state index in [9.17, 15) is 13.6 Å². The molecular weight excluding hydrogens is 426 g/mol. The fourth-order valence-corrected chi connectivity index (χ4v) is 5.86. The zero-order valence-corrected chi connectivity index (χ0v) is 18.1. The van der Waals surface area contributed by atoms with Crippen molar-refractivity contribution in [2.75, 3.05) is 6.61 Å². The lowest BCUT2D eigenvalue weighted by atomic mass is 9.35. The molecule has 5 aliphatic rings. The van der Waals surface area contributed by atoms with Crippen LogP contribution < -0.4 is 4.74 Å². The van der Waals surface area contributed by atoms with E-state index in [1.807, 2.05) is 0 Å². The minimum atomic E-state index is -0.518. The Labute approximate surface area is 190 Å². The smallest absolute Gasteiger partial charge is 0.249 e. The minimum absolute atomic E-state index is 0.0139. The van der Waals surface area contributed by atoms with Crippen molar-refractivity contribution in [1.29, 1.82) is 5.41 Å². The highest BCUT2D eigenvalue weighted by Gasteiger charge is 2.73. The molecule has 1 aliphatic heterocycles. The Morgan fingerprint density at radius 2 is 1.94 bits per heavy atom. The van der Waals surface area contributed by atoms with Gasteiger partial charge >= 0.3 is 0 Å². The van der Waals surface area contributed by atoms with Gasteiger partial charge in [0.05, 0.1) is 18.1 Å². The summed E-state index contributed by atoms with van der Waals surface area (Å²) in [5.41, 5.74) is 0.871. The Morgan fingerprint density at radius 3 is 2.55 bits per heavy atom. The van der Waals surface area contributed by atoms with E-state index < -0.39 is 23.1 Å². The SMILES string of the molecule is N=Cc1ccc(OCC23CC(C(=O)N4N=CCC4c4cc(F)c(C5CC5)c(F)c4)(C2)C3)nc1. The predicted octanol–water partition coefficient (Wildman–Crippen LogP) is 4.74. The molecule has 0 radical (unpaired) electrons. The van der Waals surface area contributed by atoms with Crippen LogP contribution in [0.4, 0.5) is 8.78 Å². The van der Waals surface area contributed by atoms with E-state index in [-0.39, 0.29) is 22.8 Å². The van der Waals surface area contributed by atoms with E-state index in [4.69, 9.17) is 10.1 Å². The molecule has 2 heterocycles. The van der Waals surface area contributed by atoms with Crippen molar-refractivity contribution in [2.45, 2.75) is 50.5 Å². The molecule has 1 aromatic carbocycles. The number of amides is 1. The molecule has 4 aliphatic carbocycles. The number of hydrogen-bond acceptors (Lipinski definition) is 5. The first-order chi connectivity index (χ1) is 15.9. The van der Waals surface area contributed by atoms with Crippen LogP contribution in [0.2, 0.25) is 0 Å². The zero-order chi connectivity index (χ0) is 22.8. The van der Waals surface area contributed by atoms with Crippen LogP contribution in [0.1, 0.15) is 67.2 Å². The number of halogens is 2. The maximum absolute atomic E-state index is 14.6. The maximum Gasteiger partial charge on any atom is 0.249 e. The van der Waals surface area contributed by atoms with E-state index in [1.165, 1.54) is 23.4 Å². The number of pyridine rings is 1. The van der Waals surface area contributed by atoms with Crippen molar-refractivity contribution in [3.63, 3.8) is 0 Å². The van der Waals surface area contributed by atoms with Gasteiger partial charge in [-0.05, 0) is 61.8 Å². The lowest BCUT2D eigenvalue weighted by Gasteiger charge is -2.69. The van der Waals surface area contributed by atoms with Crippen LogP contribution in [-0.4, -0.2) is 34.9 Å². The molecule has 0 saturated heterocycles. The van der Waals surface area contributed by atoms with E-state index in [0.29, 0.717) is 30.0 Å². The molecular formula is C25H24F2N4O2. The minimum Gasteiger partial charge on any atom is -0.477 e. The second-order valence-corrected chi connectivity index (χ2v) is 10.0. The standard InChI is InChI=1S/C25H24F2N4O2/c26-18-7-17(8-19(27)22(18)16-2-3-16)20-5-6-30-31(20)23(32)25-11-24(12-25,13-25)14-33-21-4-1-15(9-28)10-29-21/h1,4,6-10,16,20,28H,2-3,5,11-14H2. The topological polar surface area (TPSA) is 78.6 Å². The fraction of sp³-hybridized carbons (Fsp3) is 0.440. The monoisotopic (exact) mass is 450 g/mol. The van der Waals surface area contributed by atoms with E-state index in [1.54, 1.807) is 24.5 Å². The van der Waals surface area contributed by atoms with Crippen LogP contribution >= 0.6 is 0 Å². The molecule has 8 heteroatoms. The summed E-state index contributed by atoms with van der Waals surface area (Å²) in [7, 11) is 0. The molecule has 1 atom stereocenters. The second-order valence-electron chi connectivity index (χ2n) is 10.0. The molecule has 7 rings (SSSR count). The van der Waals surface area contributed by atoms with E-state index in [0.717, 1.165) is 32.1 Å². The first kappa shape index (κ1) is 20.4. The van der Waals surface area contributed by atoms with Gasteiger partial charge < -0.3 is 10.1 Å². The van der Waals surface area contributed by atoms with Gasteiger partial charge in [-0.3, -0.25) is 4.79 Å². The Hall–Kier alpha value is -3.16. The molecule has 1 N–H and O–H groups in total. The Kier molecular flexibility index (Phi) is 4.44. The van der Waals surface area contributed by atoms with E-state index >= 15 is 0 Å². The molecule has 4 saturated carbocycles. The molecule has 6 nitrogen and oxygen atoms in total. The number of nitrogens with zero attached hydrogens (tertiary/aromatic N) is 3. The Balaban J connectivity index is 1.11. The van der Waals surface area contributed by atoms with Crippen LogP contribution in [-0.2, 0) is 4.79 Å². The zero-order valence-electron chi connectivity index (χ0n) is 18.1. The Morgan fingerprint density at radius 1 is 1.21 bits per heavy atom. The normalized spacial score (nSPS) is 29.4. The van der Waals surface area contributed by atoms with Crippen LogP contribution in [0.5, 0.6) is 5.88 Å². The molecule has 33 heavy (non-hydrogen) atoms. The van der Waals surface area contributed by atoms with Crippen LogP contribution in [0, 0.1) is 27.9 Å². The van der Waals surface area contributed by atoms with Crippen molar-refractivity contribution < 1.29 is 18.3 Å². The van der Waals surface area contributed by atoms with Gasteiger partial charge in [-0.15, -0.1) is 0 Å². The van der Waals surface area contributed by atoms with E-state index in [2.05, 4.69) is 10.1 Å². The van der Waals surface area contributed by atoms with Gasteiger partial charge in [-0.2, -0.15) is 5.10 Å². The molecule has 4 fully saturated rings. The van der Waals surface area contributed by atoms with Crippen molar-refractivity contribution in [3.8, 4) is 5.88 Å². The van der Waals surface area contributed by atoms with Crippen molar-refractivity contribution >= 4 is 18.3 Å². The number of hydrogen-bond donors (Lipinski definition) is 1. The van der Waals surface area contributed by atoms with Crippen LogP contribution in [0.25, 0.3) is 0 Å². The highest BCUT2D eigenvalue weighted by atomic mass is 19.1. The van der Waals surface area contributed by atoms with Gasteiger partial charge in [-0.25, -0.2) is 18.8 Å². The highest BCUT2D eigenvalue weighted by Crippen LogP contribution is 2.74. The summed E-state index contributed by atoms with van der Waals surface area (Å²) in [5, 5.41) is 12.9. The van der Waals surface area contributed by atoms with Gasteiger partial charge in [0.25, 0.3) is 0 Å². The number of ether oxygens (including phenoxy) is 1. The van der Waals surface area contributed by atoms with Gasteiger partial charge in [0, 0.05) is 47.7 Å². The molecule has 2 aromatic rings. The first-order valence-electron chi connectivity index (χ1n) is 11.4. The summed E-state index contributed by atoms with van der Waals surface area (Å²) < 4.78 is 35.0. The highest BCUT2D eigenvalue weighted by molar-refractivity contribution is 5.88. The largest absolute Gasteiger partial charge is 0.477 e. The van der Waals surface area contributed by atoms with Crippen molar-refractivity contribution in [3.05, 3.63) is 58.8 Å². The number of carbonyl (C=O) groups excluding carboxylic acids is 1. The summed E-state index contributed by atoms with van der Waals surface area (Å²) in [5.74, 6) is -0.608. The van der Waals surface area contributed by atoms with Gasteiger partial charge in [0.15, 0.2) is 0 Å². The number of carbonyl (C=O) groups is 1. The summed E-state index contributed by atoms with van der Waals surface area (Å²) in [6, 6.07) is 5.81. The molecule has 170 valence electrons. The summed E-state index contributed by atoms with van der Waals surface area (Å²) in [6.45, 7) is 0.491. The average Bonchev–Trinajstić information content (AvgIpc) is 3.45. The molecule has 0 spiro atoms. The maximum atomic E-state index is 14.6. The third-order valence-electron chi connectivity index (χ3n) is 7.56. The van der Waals surface area contributed by atoms with Crippen molar-refractivity contribution in [2.24, 2.45) is 15.9 Å². The molecule has 1 aromatic heterocycles. The third-order valence-corrected chi connectivity index (χ3v) is 7.56. The summed E-state index contributed by atoms with van der Waals surface area (Å²) in [4.78, 5) is 17.6. The summed E-state index contributed by atoms with van der Waals surface area (Å²) >= 11 is 0. The molecule has 1 unspecified atom stereocenters. The van der Waals surface area contributed by atoms with Crippen LogP contribution in [0.15, 0.2) is 35.6 Å².